The summed E-state index contributed by atoms with van der Waals surface area (Å²) in [4.78, 5) is 20.0. The first-order valence-electron chi connectivity index (χ1n) is 10.5. The molecule has 0 aromatic heterocycles. The highest BCUT2D eigenvalue weighted by atomic mass is 35.5. The van der Waals surface area contributed by atoms with Gasteiger partial charge in [0.2, 0.25) is 0 Å². The number of rotatable bonds is 5. The minimum Gasteiger partial charge on any atom is -0.465 e. The van der Waals surface area contributed by atoms with Gasteiger partial charge in [0.25, 0.3) is 0 Å². The van der Waals surface area contributed by atoms with Gasteiger partial charge in [-0.1, -0.05) is 65.3 Å². The van der Waals surface area contributed by atoms with E-state index in [4.69, 9.17) is 32.9 Å². The molecular weight excluding hydrogens is 451 g/mol. The van der Waals surface area contributed by atoms with Crippen molar-refractivity contribution in [1.82, 2.24) is 4.90 Å². The predicted octanol–water partition coefficient (Wildman–Crippen LogP) is 7.25. The number of hydrogen-bond acceptors (Lipinski definition) is 5. The zero-order valence-corrected chi connectivity index (χ0v) is 19.9. The van der Waals surface area contributed by atoms with Crippen molar-refractivity contribution in [3.8, 4) is 0 Å². The monoisotopic (exact) mass is 474 g/mol. The molecule has 31 heavy (non-hydrogen) atoms. The standard InChI is InChI=1S/C24H24Cl2N2O2S/c1-3-28-21(15-11-8-12-15)17-13-18(25)19(26)14-20(17)27-24(28)31-22(23(29)30-4-2)16-9-6-5-7-10-16/h5-7,9-10,13-14,22H,3-4,8,11-12H2,1-2H3. The third-order valence-corrected chi connectivity index (χ3v) is 7.39. The van der Waals surface area contributed by atoms with Crippen molar-refractivity contribution >= 4 is 57.5 Å². The molecular formula is C24H24Cl2N2O2S. The maximum absolute atomic E-state index is 12.9. The Labute approximate surface area is 197 Å². The van der Waals surface area contributed by atoms with Crippen molar-refractivity contribution in [3.05, 3.63) is 69.2 Å². The average Bonchev–Trinajstić information content (AvgIpc) is 2.73. The number of esters is 1. The van der Waals surface area contributed by atoms with Crippen LogP contribution in [0.4, 0.5) is 5.69 Å². The molecule has 1 unspecified atom stereocenters. The van der Waals surface area contributed by atoms with Crippen LogP contribution in [-0.4, -0.2) is 29.2 Å². The van der Waals surface area contributed by atoms with E-state index in [0.717, 1.165) is 47.1 Å². The highest BCUT2D eigenvalue weighted by Crippen LogP contribution is 2.47. The van der Waals surface area contributed by atoms with Crippen LogP contribution in [0.25, 0.3) is 5.70 Å². The van der Waals surface area contributed by atoms with Crippen molar-refractivity contribution in [2.24, 2.45) is 4.99 Å². The summed E-state index contributed by atoms with van der Waals surface area (Å²) in [5.41, 5.74) is 5.22. The summed E-state index contributed by atoms with van der Waals surface area (Å²) < 4.78 is 5.40. The molecule has 0 N–H and O–H groups in total. The van der Waals surface area contributed by atoms with Gasteiger partial charge < -0.3 is 9.64 Å². The molecule has 0 bridgehead atoms. The number of fused-ring (bicyclic) bond motifs is 1. The maximum Gasteiger partial charge on any atom is 0.324 e. The molecule has 4 rings (SSSR count). The van der Waals surface area contributed by atoms with Gasteiger partial charge in [-0.15, -0.1) is 0 Å². The Morgan fingerprint density at radius 1 is 1.16 bits per heavy atom. The van der Waals surface area contributed by atoms with Gasteiger partial charge >= 0.3 is 5.97 Å². The second kappa shape index (κ2) is 9.68. The Hall–Kier alpha value is -1.95. The molecule has 1 heterocycles. The summed E-state index contributed by atoms with van der Waals surface area (Å²) in [6.07, 6.45) is 3.30. The van der Waals surface area contributed by atoms with Crippen LogP contribution < -0.4 is 0 Å². The lowest BCUT2D eigenvalue weighted by molar-refractivity contribution is -0.142. The number of carbonyl (C=O) groups is 1. The molecule has 2 aliphatic rings. The van der Waals surface area contributed by atoms with Gasteiger partial charge in [0, 0.05) is 12.1 Å². The fraction of sp³-hybridized carbons (Fsp3) is 0.333. The number of allylic oxidation sites excluding steroid dienone is 1. The Kier molecular flexibility index (Phi) is 6.95. The van der Waals surface area contributed by atoms with E-state index in [9.17, 15) is 4.79 Å². The van der Waals surface area contributed by atoms with E-state index in [1.165, 1.54) is 23.8 Å². The fourth-order valence-corrected chi connectivity index (χ4v) is 5.27. The zero-order valence-electron chi connectivity index (χ0n) is 17.5. The second-order valence-corrected chi connectivity index (χ2v) is 9.28. The van der Waals surface area contributed by atoms with Crippen LogP contribution in [-0.2, 0) is 9.53 Å². The van der Waals surface area contributed by atoms with E-state index in [2.05, 4.69) is 11.8 Å². The van der Waals surface area contributed by atoms with Crippen LogP contribution in [0.1, 0.15) is 49.5 Å². The fourth-order valence-electron chi connectivity index (χ4n) is 3.78. The largest absolute Gasteiger partial charge is 0.465 e. The van der Waals surface area contributed by atoms with Crippen LogP contribution in [0.2, 0.25) is 10.0 Å². The minimum absolute atomic E-state index is 0.268. The smallest absolute Gasteiger partial charge is 0.324 e. The van der Waals surface area contributed by atoms with Crippen molar-refractivity contribution in [2.75, 3.05) is 13.2 Å². The highest BCUT2D eigenvalue weighted by Gasteiger charge is 2.33. The van der Waals surface area contributed by atoms with E-state index in [1.54, 1.807) is 0 Å². The Bertz CT molecular complexity index is 1050. The topological polar surface area (TPSA) is 41.9 Å². The normalized spacial score (nSPS) is 16.4. The summed E-state index contributed by atoms with van der Waals surface area (Å²) in [7, 11) is 0. The van der Waals surface area contributed by atoms with Crippen molar-refractivity contribution in [3.63, 3.8) is 0 Å². The molecule has 0 radical (unpaired) electrons. The van der Waals surface area contributed by atoms with Gasteiger partial charge in [0.05, 0.1) is 28.0 Å². The van der Waals surface area contributed by atoms with Gasteiger partial charge in [-0.25, -0.2) is 4.99 Å². The van der Waals surface area contributed by atoms with Gasteiger partial charge in [0.1, 0.15) is 5.25 Å². The number of benzene rings is 2. The summed E-state index contributed by atoms with van der Waals surface area (Å²) >= 11 is 14.1. The first-order valence-corrected chi connectivity index (χ1v) is 12.1. The molecule has 1 aliphatic carbocycles. The van der Waals surface area contributed by atoms with Gasteiger partial charge in [0.15, 0.2) is 5.17 Å². The second-order valence-electron chi connectivity index (χ2n) is 7.39. The molecule has 1 saturated carbocycles. The van der Waals surface area contributed by atoms with Crippen LogP contribution in [0.15, 0.2) is 53.0 Å². The van der Waals surface area contributed by atoms with Crippen molar-refractivity contribution in [1.29, 1.82) is 0 Å². The average molecular weight is 475 g/mol. The molecule has 162 valence electrons. The molecule has 1 aliphatic heterocycles. The third-order valence-electron chi connectivity index (χ3n) is 5.45. The lowest BCUT2D eigenvalue weighted by atomic mass is 9.87. The number of thioether (sulfide) groups is 1. The zero-order chi connectivity index (χ0) is 22.0. The van der Waals surface area contributed by atoms with Crippen molar-refractivity contribution < 1.29 is 9.53 Å². The SMILES string of the molecule is CCOC(=O)C(SC1=Nc2cc(Cl)c(Cl)cc2C(=C2CCC2)N1CC)c1ccccc1. The number of halogens is 2. The number of nitrogens with zero attached hydrogens (tertiary/aromatic N) is 2. The molecule has 0 amide bonds. The van der Waals surface area contributed by atoms with Crippen LogP contribution >= 0.6 is 35.0 Å². The number of hydrogen-bond donors (Lipinski definition) is 0. The van der Waals surface area contributed by atoms with E-state index in [0.29, 0.717) is 16.7 Å². The molecule has 2 aromatic rings. The summed E-state index contributed by atoms with van der Waals surface area (Å²) in [6, 6.07) is 13.4. The number of ether oxygens (including phenoxy) is 1. The highest BCUT2D eigenvalue weighted by molar-refractivity contribution is 8.14. The Morgan fingerprint density at radius 3 is 2.48 bits per heavy atom. The lowest BCUT2D eigenvalue weighted by Crippen LogP contribution is -2.33. The molecule has 4 nitrogen and oxygen atoms in total. The quantitative estimate of drug-likeness (QED) is 0.427. The molecule has 2 aromatic carbocycles. The minimum atomic E-state index is -0.508. The lowest BCUT2D eigenvalue weighted by Gasteiger charge is -2.37. The predicted molar refractivity (Wildman–Crippen MR) is 130 cm³/mol. The van der Waals surface area contributed by atoms with E-state index < -0.39 is 5.25 Å². The van der Waals surface area contributed by atoms with E-state index in [1.807, 2.05) is 49.4 Å². The summed E-state index contributed by atoms with van der Waals surface area (Å²) in [5, 5.41) is 1.26. The first kappa shape index (κ1) is 22.3. The molecule has 0 spiro atoms. The van der Waals surface area contributed by atoms with Crippen LogP contribution in [0, 0.1) is 0 Å². The molecule has 1 atom stereocenters. The first-order chi connectivity index (χ1) is 15.0. The van der Waals surface area contributed by atoms with Crippen molar-refractivity contribution in [2.45, 2.75) is 38.4 Å². The number of amidine groups is 1. The van der Waals surface area contributed by atoms with E-state index >= 15 is 0 Å². The Morgan fingerprint density at radius 2 is 1.87 bits per heavy atom. The number of carbonyl (C=O) groups excluding carboxylic acids is 1. The summed E-state index contributed by atoms with van der Waals surface area (Å²) in [6.45, 7) is 4.98. The van der Waals surface area contributed by atoms with Crippen LogP contribution in [0.3, 0.4) is 0 Å². The third kappa shape index (κ3) is 4.50. The summed E-state index contributed by atoms with van der Waals surface area (Å²) in [5.74, 6) is -0.268. The molecule has 0 saturated heterocycles. The maximum atomic E-state index is 12.9. The number of aliphatic imine (C=N–C) groups is 1. The molecule has 7 heteroatoms. The van der Waals surface area contributed by atoms with Crippen LogP contribution in [0.5, 0.6) is 0 Å². The van der Waals surface area contributed by atoms with Gasteiger partial charge in [-0.2, -0.15) is 0 Å². The van der Waals surface area contributed by atoms with E-state index in [-0.39, 0.29) is 5.97 Å². The van der Waals surface area contributed by atoms with Gasteiger partial charge in [-0.3, -0.25) is 4.79 Å². The van der Waals surface area contributed by atoms with Gasteiger partial charge in [-0.05, 0) is 56.4 Å². The Balaban J connectivity index is 1.80. The molecule has 1 fully saturated rings.